The molecule has 0 radical (unpaired) electrons. The zero-order chi connectivity index (χ0) is 12.4. The van der Waals surface area contributed by atoms with Crippen LogP contribution in [0.2, 0.25) is 0 Å². The fourth-order valence-corrected chi connectivity index (χ4v) is 2.94. The molecule has 0 bridgehead atoms. The lowest BCUT2D eigenvalue weighted by Crippen LogP contribution is -2.35. The van der Waals surface area contributed by atoms with Gasteiger partial charge < -0.3 is 5.32 Å². The van der Waals surface area contributed by atoms with Crippen molar-refractivity contribution in [2.45, 2.75) is 46.1 Å². The number of nitrogens with one attached hydrogen (secondary N) is 1. The first-order chi connectivity index (χ1) is 8.10. The molecule has 2 rings (SSSR count). The molecule has 0 heterocycles. The highest BCUT2D eigenvalue weighted by molar-refractivity contribution is 5.29. The average molecular weight is 231 g/mol. The summed E-state index contributed by atoms with van der Waals surface area (Å²) in [6.45, 7) is 6.78. The summed E-state index contributed by atoms with van der Waals surface area (Å²) >= 11 is 0. The Hall–Kier alpha value is -0.820. The van der Waals surface area contributed by atoms with Crippen LogP contribution in [0.1, 0.15) is 36.5 Å². The number of hydrogen-bond donors (Lipinski definition) is 1. The van der Waals surface area contributed by atoms with Crippen molar-refractivity contribution in [2.75, 3.05) is 7.05 Å². The summed E-state index contributed by atoms with van der Waals surface area (Å²) in [5.74, 6) is 1.78. The largest absolute Gasteiger partial charge is 0.316 e. The van der Waals surface area contributed by atoms with Crippen molar-refractivity contribution in [3.63, 3.8) is 0 Å². The molecule has 1 aromatic carbocycles. The normalized spacial score (nSPS) is 19.1. The molecule has 17 heavy (non-hydrogen) atoms. The average Bonchev–Trinajstić information content (AvgIpc) is 3.07. The van der Waals surface area contributed by atoms with E-state index >= 15 is 0 Å². The molecule has 94 valence electrons. The van der Waals surface area contributed by atoms with E-state index in [9.17, 15) is 0 Å². The van der Waals surface area contributed by atoms with Gasteiger partial charge in [-0.2, -0.15) is 0 Å². The molecule has 1 fully saturated rings. The number of likely N-dealkylation sites (N-methyl/N-ethyl adjacent to an activating group) is 1. The maximum Gasteiger partial charge on any atom is 0.0133 e. The van der Waals surface area contributed by atoms with E-state index in [2.05, 4.69) is 51.3 Å². The van der Waals surface area contributed by atoms with E-state index in [-0.39, 0.29) is 0 Å². The van der Waals surface area contributed by atoms with Gasteiger partial charge in [-0.05, 0) is 57.6 Å². The van der Waals surface area contributed by atoms with Crippen LogP contribution in [0.3, 0.4) is 0 Å². The summed E-state index contributed by atoms with van der Waals surface area (Å²) in [6.07, 6.45) is 4.04. The molecule has 1 aromatic rings. The molecule has 1 nitrogen and oxygen atoms in total. The zero-order valence-electron chi connectivity index (χ0n) is 11.6. The third-order valence-corrected chi connectivity index (χ3v) is 4.11. The van der Waals surface area contributed by atoms with E-state index in [0.717, 1.165) is 18.3 Å². The van der Waals surface area contributed by atoms with Crippen LogP contribution < -0.4 is 5.32 Å². The van der Waals surface area contributed by atoms with Gasteiger partial charge in [0.2, 0.25) is 0 Å². The number of benzene rings is 1. The van der Waals surface area contributed by atoms with Crippen LogP contribution in [0.15, 0.2) is 18.2 Å². The van der Waals surface area contributed by atoms with E-state index in [1.54, 1.807) is 0 Å². The van der Waals surface area contributed by atoms with E-state index < -0.39 is 0 Å². The molecule has 0 saturated heterocycles. The van der Waals surface area contributed by atoms with Gasteiger partial charge in [-0.1, -0.05) is 36.2 Å². The van der Waals surface area contributed by atoms with Gasteiger partial charge in [0.25, 0.3) is 0 Å². The fraction of sp³-hybridized carbons (Fsp3) is 0.625. The highest BCUT2D eigenvalue weighted by Crippen LogP contribution is 2.38. The van der Waals surface area contributed by atoms with Gasteiger partial charge in [-0.25, -0.2) is 0 Å². The van der Waals surface area contributed by atoms with Crippen molar-refractivity contribution in [3.8, 4) is 0 Å². The van der Waals surface area contributed by atoms with Crippen LogP contribution in [0, 0.1) is 25.7 Å². The van der Waals surface area contributed by atoms with Crippen LogP contribution in [-0.2, 0) is 6.42 Å². The summed E-state index contributed by atoms with van der Waals surface area (Å²) < 4.78 is 0. The van der Waals surface area contributed by atoms with Crippen LogP contribution in [0.5, 0.6) is 0 Å². The first-order valence-corrected chi connectivity index (χ1v) is 6.84. The minimum Gasteiger partial charge on any atom is -0.316 e. The van der Waals surface area contributed by atoms with Crippen LogP contribution in [0.4, 0.5) is 0 Å². The third kappa shape index (κ3) is 3.32. The first kappa shape index (κ1) is 12.6. The summed E-state index contributed by atoms with van der Waals surface area (Å²) in [5, 5.41) is 3.51. The molecule has 0 aromatic heterocycles. The Labute approximate surface area is 106 Å². The number of hydrogen-bond acceptors (Lipinski definition) is 1. The van der Waals surface area contributed by atoms with Crippen molar-refractivity contribution in [3.05, 3.63) is 34.9 Å². The quantitative estimate of drug-likeness (QED) is 0.818. The van der Waals surface area contributed by atoms with E-state index in [0.29, 0.717) is 6.04 Å². The molecular formula is C16H25N. The lowest BCUT2D eigenvalue weighted by Gasteiger charge is -2.24. The Morgan fingerprint density at radius 2 is 1.76 bits per heavy atom. The molecule has 1 saturated carbocycles. The Balaban J connectivity index is 2.06. The standard InChI is InChI=1S/C16H25N/c1-11-7-12(2)9-14(8-11)10-16(17-4)13(3)15-5-6-15/h7-9,13,15-17H,5-6,10H2,1-4H3. The van der Waals surface area contributed by atoms with E-state index in [1.165, 1.54) is 29.5 Å². The molecule has 2 unspecified atom stereocenters. The van der Waals surface area contributed by atoms with Gasteiger partial charge >= 0.3 is 0 Å². The lowest BCUT2D eigenvalue weighted by atomic mass is 9.90. The maximum atomic E-state index is 3.51. The molecule has 0 amide bonds. The Morgan fingerprint density at radius 1 is 1.18 bits per heavy atom. The fourth-order valence-electron chi connectivity index (χ4n) is 2.94. The molecule has 2 atom stereocenters. The number of aryl methyl sites for hydroxylation is 2. The smallest absolute Gasteiger partial charge is 0.0133 e. The predicted molar refractivity (Wildman–Crippen MR) is 74.4 cm³/mol. The molecule has 0 spiro atoms. The summed E-state index contributed by atoms with van der Waals surface area (Å²) in [5.41, 5.74) is 4.25. The Bertz CT molecular complexity index is 359. The van der Waals surface area contributed by atoms with Crippen molar-refractivity contribution in [1.82, 2.24) is 5.32 Å². The monoisotopic (exact) mass is 231 g/mol. The van der Waals surface area contributed by atoms with Gasteiger partial charge in [0, 0.05) is 6.04 Å². The van der Waals surface area contributed by atoms with E-state index in [1.807, 2.05) is 0 Å². The van der Waals surface area contributed by atoms with Crippen molar-refractivity contribution >= 4 is 0 Å². The Kier molecular flexibility index (Phi) is 3.88. The van der Waals surface area contributed by atoms with Gasteiger partial charge in [0.05, 0.1) is 0 Å². The van der Waals surface area contributed by atoms with E-state index in [4.69, 9.17) is 0 Å². The molecule has 1 aliphatic rings. The minimum absolute atomic E-state index is 0.628. The molecular weight excluding hydrogens is 206 g/mol. The SMILES string of the molecule is CNC(Cc1cc(C)cc(C)c1)C(C)C1CC1. The second kappa shape index (κ2) is 5.22. The minimum atomic E-state index is 0.628. The highest BCUT2D eigenvalue weighted by Gasteiger charge is 2.32. The third-order valence-electron chi connectivity index (χ3n) is 4.11. The predicted octanol–water partition coefficient (Wildman–Crippen LogP) is 3.48. The molecule has 1 aliphatic carbocycles. The van der Waals surface area contributed by atoms with Gasteiger partial charge in [0.1, 0.15) is 0 Å². The molecule has 1 N–H and O–H groups in total. The van der Waals surface area contributed by atoms with Gasteiger partial charge in [-0.3, -0.25) is 0 Å². The maximum absolute atomic E-state index is 3.51. The molecule has 0 aliphatic heterocycles. The highest BCUT2D eigenvalue weighted by atomic mass is 14.9. The topological polar surface area (TPSA) is 12.0 Å². The van der Waals surface area contributed by atoms with Crippen molar-refractivity contribution in [1.29, 1.82) is 0 Å². The zero-order valence-corrected chi connectivity index (χ0v) is 11.6. The second-order valence-corrected chi connectivity index (χ2v) is 5.79. The number of rotatable bonds is 5. The lowest BCUT2D eigenvalue weighted by molar-refractivity contribution is 0.357. The second-order valence-electron chi connectivity index (χ2n) is 5.79. The van der Waals surface area contributed by atoms with Crippen molar-refractivity contribution in [2.24, 2.45) is 11.8 Å². The summed E-state index contributed by atoms with van der Waals surface area (Å²) in [6, 6.07) is 7.54. The molecule has 1 heteroatoms. The summed E-state index contributed by atoms with van der Waals surface area (Å²) in [7, 11) is 2.10. The van der Waals surface area contributed by atoms with Crippen molar-refractivity contribution < 1.29 is 0 Å². The van der Waals surface area contributed by atoms with Crippen LogP contribution in [-0.4, -0.2) is 13.1 Å². The first-order valence-electron chi connectivity index (χ1n) is 6.84. The van der Waals surface area contributed by atoms with Crippen LogP contribution in [0.25, 0.3) is 0 Å². The summed E-state index contributed by atoms with van der Waals surface area (Å²) in [4.78, 5) is 0. The van der Waals surface area contributed by atoms with Crippen LogP contribution >= 0.6 is 0 Å². The Morgan fingerprint density at radius 3 is 2.24 bits per heavy atom. The van der Waals surface area contributed by atoms with Gasteiger partial charge in [-0.15, -0.1) is 0 Å². The van der Waals surface area contributed by atoms with Gasteiger partial charge in [0.15, 0.2) is 0 Å².